The molecule has 0 saturated heterocycles. The zero-order valence-corrected chi connectivity index (χ0v) is 12.1. The number of rotatable bonds is 4. The molecule has 1 unspecified atom stereocenters. The molecule has 0 saturated carbocycles. The summed E-state index contributed by atoms with van der Waals surface area (Å²) in [5.41, 5.74) is 0.995. The van der Waals surface area contributed by atoms with E-state index in [0.717, 1.165) is 14.5 Å². The first kappa shape index (κ1) is 13.2. The summed E-state index contributed by atoms with van der Waals surface area (Å²) in [6.07, 6.45) is -0.196. The van der Waals surface area contributed by atoms with E-state index in [1.165, 1.54) is 0 Å². The molecule has 0 aliphatic rings. The van der Waals surface area contributed by atoms with Crippen molar-refractivity contribution in [2.24, 2.45) is 0 Å². The molecule has 2 nitrogen and oxygen atoms in total. The quantitative estimate of drug-likeness (QED) is 0.763. The molecule has 0 N–H and O–H groups in total. The number of benzene rings is 1. The van der Waals surface area contributed by atoms with Crippen LogP contribution >= 0.6 is 31.9 Å². The van der Waals surface area contributed by atoms with E-state index in [-0.39, 0.29) is 12.4 Å². The highest BCUT2D eigenvalue weighted by molar-refractivity contribution is 9.11. The van der Waals surface area contributed by atoms with Crippen LogP contribution in [0.4, 0.5) is 0 Å². The largest absolute Gasteiger partial charge is 0.352 e. The molecule has 0 amide bonds. The van der Waals surface area contributed by atoms with Crippen LogP contribution in [-0.2, 0) is 9.47 Å². The molecule has 1 atom stereocenters. The van der Waals surface area contributed by atoms with Gasteiger partial charge in [-0.3, -0.25) is 0 Å². The highest BCUT2D eigenvalue weighted by Crippen LogP contribution is 2.29. The van der Waals surface area contributed by atoms with Crippen molar-refractivity contribution >= 4 is 31.9 Å². The molecule has 1 aromatic carbocycles. The van der Waals surface area contributed by atoms with E-state index in [2.05, 4.69) is 31.9 Å². The molecule has 4 heteroatoms. The van der Waals surface area contributed by atoms with E-state index >= 15 is 0 Å². The van der Waals surface area contributed by atoms with E-state index in [1.54, 1.807) is 7.11 Å². The van der Waals surface area contributed by atoms with Crippen molar-refractivity contribution in [1.29, 1.82) is 0 Å². The van der Waals surface area contributed by atoms with Crippen molar-refractivity contribution in [2.75, 3.05) is 7.11 Å². The van der Waals surface area contributed by atoms with Crippen LogP contribution in [0.2, 0.25) is 0 Å². The van der Waals surface area contributed by atoms with Gasteiger partial charge in [0, 0.05) is 21.6 Å². The molecule has 1 aromatic rings. The summed E-state index contributed by atoms with van der Waals surface area (Å²) >= 11 is 6.89. The van der Waals surface area contributed by atoms with Crippen LogP contribution in [0.15, 0.2) is 27.1 Å². The number of halogens is 2. The third-order valence-electron chi connectivity index (χ3n) is 1.83. The van der Waals surface area contributed by atoms with Crippen LogP contribution < -0.4 is 0 Å². The van der Waals surface area contributed by atoms with E-state index in [0.29, 0.717) is 0 Å². The highest BCUT2D eigenvalue weighted by Gasteiger charge is 2.15. The van der Waals surface area contributed by atoms with Crippen LogP contribution in [0, 0.1) is 0 Å². The van der Waals surface area contributed by atoms with Crippen LogP contribution in [0.3, 0.4) is 0 Å². The Morgan fingerprint density at radius 2 is 1.87 bits per heavy atom. The summed E-state index contributed by atoms with van der Waals surface area (Å²) in [4.78, 5) is 0. The second kappa shape index (κ2) is 5.99. The lowest BCUT2D eigenvalue weighted by Crippen LogP contribution is -2.12. The first-order valence-corrected chi connectivity index (χ1v) is 6.26. The van der Waals surface area contributed by atoms with Crippen molar-refractivity contribution in [3.05, 3.63) is 32.7 Å². The van der Waals surface area contributed by atoms with E-state index < -0.39 is 0 Å². The topological polar surface area (TPSA) is 18.5 Å². The van der Waals surface area contributed by atoms with Gasteiger partial charge in [0.25, 0.3) is 0 Å². The zero-order valence-electron chi connectivity index (χ0n) is 8.96. The summed E-state index contributed by atoms with van der Waals surface area (Å²) in [6, 6.07) is 5.92. The van der Waals surface area contributed by atoms with Gasteiger partial charge in [-0.2, -0.15) is 0 Å². The normalized spacial score (nSPS) is 13.2. The van der Waals surface area contributed by atoms with Crippen LogP contribution in [0.1, 0.15) is 25.7 Å². The monoisotopic (exact) mass is 336 g/mol. The number of hydrogen-bond donors (Lipinski definition) is 0. The number of ether oxygens (including phenoxy) is 2. The van der Waals surface area contributed by atoms with E-state index in [4.69, 9.17) is 9.47 Å². The Morgan fingerprint density at radius 3 is 2.33 bits per heavy atom. The fourth-order valence-electron chi connectivity index (χ4n) is 1.20. The second-order valence-electron chi connectivity index (χ2n) is 3.42. The smallest absolute Gasteiger partial charge is 0.184 e. The highest BCUT2D eigenvalue weighted by atomic mass is 79.9. The van der Waals surface area contributed by atoms with E-state index in [1.807, 2.05) is 32.0 Å². The fourth-order valence-corrected chi connectivity index (χ4v) is 2.43. The van der Waals surface area contributed by atoms with Gasteiger partial charge in [0.2, 0.25) is 0 Å². The molecule has 0 aliphatic carbocycles. The second-order valence-corrected chi connectivity index (χ2v) is 5.19. The molecule has 0 aliphatic heterocycles. The van der Waals surface area contributed by atoms with Gasteiger partial charge in [0.05, 0.1) is 6.10 Å². The summed E-state index contributed by atoms with van der Waals surface area (Å²) in [6.45, 7) is 3.97. The molecule has 15 heavy (non-hydrogen) atoms. The minimum absolute atomic E-state index is 0.130. The van der Waals surface area contributed by atoms with Gasteiger partial charge in [-0.15, -0.1) is 0 Å². The fraction of sp³-hybridized carbons (Fsp3) is 0.455. The standard InChI is InChI=1S/C11H14Br2O2/c1-7(2)15-11(14-3)9-5-4-8(12)6-10(9)13/h4-7,11H,1-3H3. The lowest BCUT2D eigenvalue weighted by molar-refractivity contribution is -0.151. The van der Waals surface area contributed by atoms with Gasteiger partial charge in [-0.05, 0) is 26.0 Å². The molecule has 0 spiro atoms. The predicted octanol–water partition coefficient (Wildman–Crippen LogP) is 4.28. The Morgan fingerprint density at radius 1 is 1.20 bits per heavy atom. The maximum Gasteiger partial charge on any atom is 0.184 e. The lowest BCUT2D eigenvalue weighted by atomic mass is 10.2. The maximum atomic E-state index is 5.64. The Kier molecular flexibility index (Phi) is 5.26. The predicted molar refractivity (Wildman–Crippen MR) is 67.8 cm³/mol. The van der Waals surface area contributed by atoms with Gasteiger partial charge < -0.3 is 9.47 Å². The lowest BCUT2D eigenvalue weighted by Gasteiger charge is -2.20. The molecule has 0 heterocycles. The molecule has 84 valence electrons. The Labute approximate surface area is 107 Å². The van der Waals surface area contributed by atoms with Gasteiger partial charge in [-0.25, -0.2) is 0 Å². The van der Waals surface area contributed by atoms with Crippen molar-refractivity contribution in [2.45, 2.75) is 26.2 Å². The minimum atomic E-state index is -0.326. The summed E-state index contributed by atoms with van der Waals surface area (Å²) in [7, 11) is 1.64. The van der Waals surface area contributed by atoms with Gasteiger partial charge in [0.15, 0.2) is 6.29 Å². The first-order valence-electron chi connectivity index (χ1n) is 4.67. The van der Waals surface area contributed by atoms with Gasteiger partial charge >= 0.3 is 0 Å². The Hall–Kier alpha value is 0.1000. The number of methoxy groups -OCH3 is 1. The van der Waals surface area contributed by atoms with Gasteiger partial charge in [0.1, 0.15) is 0 Å². The van der Waals surface area contributed by atoms with Crippen LogP contribution in [-0.4, -0.2) is 13.2 Å². The molecule has 1 rings (SSSR count). The van der Waals surface area contributed by atoms with Gasteiger partial charge in [-0.1, -0.05) is 37.9 Å². The average Bonchev–Trinajstić information content (AvgIpc) is 2.14. The molecule has 0 aromatic heterocycles. The maximum absolute atomic E-state index is 5.64. The molecule has 0 fully saturated rings. The summed E-state index contributed by atoms with van der Waals surface area (Å²) < 4.78 is 12.9. The summed E-state index contributed by atoms with van der Waals surface area (Å²) in [5, 5.41) is 0. The molecular weight excluding hydrogens is 324 g/mol. The molecular formula is C11H14Br2O2. The van der Waals surface area contributed by atoms with Crippen LogP contribution in [0.5, 0.6) is 0 Å². The SMILES string of the molecule is COC(OC(C)C)c1ccc(Br)cc1Br. The third kappa shape index (κ3) is 3.87. The zero-order chi connectivity index (χ0) is 11.4. The van der Waals surface area contributed by atoms with Crippen molar-refractivity contribution < 1.29 is 9.47 Å². The Bertz CT molecular complexity index is 326. The van der Waals surface area contributed by atoms with E-state index in [9.17, 15) is 0 Å². The molecule has 0 radical (unpaired) electrons. The van der Waals surface area contributed by atoms with Crippen molar-refractivity contribution in [3.8, 4) is 0 Å². The summed E-state index contributed by atoms with van der Waals surface area (Å²) in [5.74, 6) is 0. The minimum Gasteiger partial charge on any atom is -0.352 e. The van der Waals surface area contributed by atoms with Crippen molar-refractivity contribution in [1.82, 2.24) is 0 Å². The van der Waals surface area contributed by atoms with Crippen LogP contribution in [0.25, 0.3) is 0 Å². The average molecular weight is 338 g/mol. The number of hydrogen-bond acceptors (Lipinski definition) is 2. The first-order chi connectivity index (χ1) is 7.04. The third-order valence-corrected chi connectivity index (χ3v) is 3.01. The Balaban J connectivity index is 2.91. The van der Waals surface area contributed by atoms with Crippen molar-refractivity contribution in [3.63, 3.8) is 0 Å². The molecule has 0 bridgehead atoms.